The maximum Gasteiger partial charge on any atom is 0.416 e. The van der Waals surface area contributed by atoms with E-state index in [1.807, 2.05) is 0 Å². The Bertz CT molecular complexity index is 1210. The molecule has 1 saturated heterocycles. The zero-order valence-corrected chi connectivity index (χ0v) is 19.5. The standard InChI is InChI=1S/C24H24F6N4O3/c25-23(26,27)13-34-6-5-16(8-34)37-9-19(35)32-21-10-22(11-21,12-21)33-20(36)18-3-1-14-7-15(24(28,29)30)2-4-17(14)31-18/h1-4,7,16H,5-6,8-13H2,(H,32,35)(H,33,36)/t16-,21?,22?/m0/s1. The number of ether oxygens (including phenoxy) is 1. The number of pyridine rings is 1. The molecule has 3 aliphatic carbocycles. The van der Waals surface area contributed by atoms with Crippen molar-refractivity contribution in [2.24, 2.45) is 0 Å². The predicted octanol–water partition coefficient (Wildman–Crippen LogP) is 3.43. The summed E-state index contributed by atoms with van der Waals surface area (Å²) in [6, 6.07) is 5.91. The fraction of sp³-hybridized carbons (Fsp3) is 0.542. The van der Waals surface area contributed by atoms with Gasteiger partial charge in [-0.05, 0) is 49.9 Å². The molecule has 0 spiro atoms. The Kier molecular flexibility index (Phi) is 6.13. The van der Waals surface area contributed by atoms with Crippen molar-refractivity contribution in [1.82, 2.24) is 20.5 Å². The average molecular weight is 530 g/mol. The third kappa shape index (κ3) is 5.52. The molecular formula is C24H24F6N4O3. The van der Waals surface area contributed by atoms with E-state index >= 15 is 0 Å². The van der Waals surface area contributed by atoms with Gasteiger partial charge in [0.25, 0.3) is 5.91 Å². The Morgan fingerprint density at radius 2 is 1.73 bits per heavy atom. The Morgan fingerprint density at radius 3 is 2.41 bits per heavy atom. The summed E-state index contributed by atoms with van der Waals surface area (Å²) in [6.45, 7) is -0.857. The second-order valence-corrected chi connectivity index (χ2v) is 10.3. The van der Waals surface area contributed by atoms with E-state index in [1.165, 1.54) is 23.1 Å². The lowest BCUT2D eigenvalue weighted by molar-refractivity contribution is -0.148. The Morgan fingerprint density at radius 1 is 1.03 bits per heavy atom. The highest BCUT2D eigenvalue weighted by molar-refractivity contribution is 5.96. The van der Waals surface area contributed by atoms with E-state index in [0.29, 0.717) is 25.7 Å². The summed E-state index contributed by atoms with van der Waals surface area (Å²) in [5, 5.41) is 6.08. The number of hydrogen-bond acceptors (Lipinski definition) is 5. The fourth-order valence-electron chi connectivity index (χ4n) is 5.64. The lowest BCUT2D eigenvalue weighted by atomic mass is 9.44. The summed E-state index contributed by atoms with van der Waals surface area (Å²) in [5.41, 5.74) is -1.37. The van der Waals surface area contributed by atoms with Gasteiger partial charge in [0.2, 0.25) is 5.91 Å². The molecule has 1 aromatic heterocycles. The number of rotatable bonds is 7. The van der Waals surface area contributed by atoms with E-state index in [-0.39, 0.29) is 42.2 Å². The van der Waals surface area contributed by atoms with Crippen molar-refractivity contribution >= 4 is 22.7 Å². The Balaban J connectivity index is 1.07. The summed E-state index contributed by atoms with van der Waals surface area (Å²) < 4.78 is 81.6. The number of nitrogens with zero attached hydrogens (tertiary/aromatic N) is 2. The second kappa shape index (κ2) is 8.83. The summed E-state index contributed by atoms with van der Waals surface area (Å²) in [4.78, 5) is 30.4. The maximum atomic E-state index is 12.9. The van der Waals surface area contributed by atoms with Gasteiger partial charge in [0, 0.05) is 29.6 Å². The van der Waals surface area contributed by atoms with Crippen LogP contribution in [-0.4, -0.2) is 71.3 Å². The minimum absolute atomic E-state index is 0.0830. The number of fused-ring (bicyclic) bond motifs is 1. The van der Waals surface area contributed by atoms with Crippen molar-refractivity contribution in [2.75, 3.05) is 26.2 Å². The highest BCUT2D eigenvalue weighted by Crippen LogP contribution is 2.60. The molecule has 1 aliphatic heterocycles. The van der Waals surface area contributed by atoms with Crippen LogP contribution < -0.4 is 10.6 Å². The van der Waals surface area contributed by atoms with E-state index < -0.39 is 47.5 Å². The molecular weight excluding hydrogens is 506 g/mol. The zero-order valence-electron chi connectivity index (χ0n) is 19.5. The fourth-order valence-corrected chi connectivity index (χ4v) is 5.64. The van der Waals surface area contributed by atoms with Crippen LogP contribution in [-0.2, 0) is 15.7 Å². The number of nitrogens with one attached hydrogen (secondary N) is 2. The first-order valence-electron chi connectivity index (χ1n) is 11.8. The molecule has 200 valence electrons. The average Bonchev–Trinajstić information content (AvgIpc) is 3.19. The van der Waals surface area contributed by atoms with Crippen LogP contribution >= 0.6 is 0 Å². The number of amides is 2. The Hall–Kier alpha value is -2.93. The van der Waals surface area contributed by atoms with Gasteiger partial charge in [-0.1, -0.05) is 6.07 Å². The van der Waals surface area contributed by atoms with E-state index in [1.54, 1.807) is 0 Å². The molecule has 2 N–H and O–H groups in total. The number of hydrogen-bond donors (Lipinski definition) is 2. The predicted molar refractivity (Wildman–Crippen MR) is 119 cm³/mol. The Labute approximate surface area is 207 Å². The summed E-state index contributed by atoms with van der Waals surface area (Å²) in [6.07, 6.45) is -7.20. The van der Waals surface area contributed by atoms with Gasteiger partial charge in [-0.25, -0.2) is 4.98 Å². The molecule has 2 bridgehead atoms. The molecule has 2 aromatic rings. The van der Waals surface area contributed by atoms with Gasteiger partial charge in [-0.15, -0.1) is 0 Å². The van der Waals surface area contributed by atoms with Crippen molar-refractivity contribution in [1.29, 1.82) is 0 Å². The molecule has 13 heteroatoms. The first-order chi connectivity index (χ1) is 17.2. The quantitative estimate of drug-likeness (QED) is 0.537. The third-order valence-electron chi connectivity index (χ3n) is 7.14. The van der Waals surface area contributed by atoms with E-state index in [4.69, 9.17) is 4.74 Å². The number of alkyl halides is 6. The minimum atomic E-state index is -4.47. The number of carbonyl (C=O) groups excluding carboxylic acids is 2. The van der Waals surface area contributed by atoms with E-state index in [0.717, 1.165) is 12.1 Å². The van der Waals surface area contributed by atoms with Gasteiger partial charge in [0.1, 0.15) is 12.3 Å². The van der Waals surface area contributed by atoms with Crippen molar-refractivity contribution in [3.05, 3.63) is 41.6 Å². The van der Waals surface area contributed by atoms with Gasteiger partial charge in [-0.3, -0.25) is 14.5 Å². The van der Waals surface area contributed by atoms with Crippen LogP contribution in [0, 0.1) is 0 Å². The first kappa shape index (κ1) is 25.7. The van der Waals surface area contributed by atoms with Gasteiger partial charge >= 0.3 is 12.4 Å². The molecule has 7 nitrogen and oxygen atoms in total. The van der Waals surface area contributed by atoms with Crippen molar-refractivity contribution in [3.8, 4) is 0 Å². The van der Waals surface area contributed by atoms with Crippen LogP contribution in [0.25, 0.3) is 10.9 Å². The highest BCUT2D eigenvalue weighted by Gasteiger charge is 2.69. The van der Waals surface area contributed by atoms with Gasteiger partial charge in [0.15, 0.2) is 0 Å². The largest absolute Gasteiger partial charge is 0.416 e. The molecule has 3 saturated carbocycles. The summed E-state index contributed by atoms with van der Waals surface area (Å²) in [5.74, 6) is -0.808. The smallest absolute Gasteiger partial charge is 0.367 e. The molecule has 0 radical (unpaired) electrons. The number of carbonyl (C=O) groups is 2. The number of benzene rings is 1. The van der Waals surface area contributed by atoms with E-state index in [2.05, 4.69) is 15.6 Å². The molecule has 6 rings (SSSR count). The summed E-state index contributed by atoms with van der Waals surface area (Å²) in [7, 11) is 0. The molecule has 2 amide bonds. The molecule has 4 aliphatic rings. The van der Waals surface area contributed by atoms with Gasteiger partial charge in [0.05, 0.1) is 23.7 Å². The minimum Gasteiger partial charge on any atom is -0.367 e. The molecule has 4 fully saturated rings. The van der Waals surface area contributed by atoms with Crippen molar-refractivity contribution in [2.45, 2.75) is 55.2 Å². The van der Waals surface area contributed by atoms with Gasteiger partial charge < -0.3 is 15.4 Å². The summed E-state index contributed by atoms with van der Waals surface area (Å²) >= 11 is 0. The topological polar surface area (TPSA) is 83.6 Å². The maximum absolute atomic E-state index is 12.9. The zero-order chi connectivity index (χ0) is 26.6. The number of likely N-dealkylation sites (tertiary alicyclic amines) is 1. The number of aromatic nitrogens is 1. The highest BCUT2D eigenvalue weighted by atomic mass is 19.4. The van der Waals surface area contributed by atoms with E-state index in [9.17, 15) is 35.9 Å². The third-order valence-corrected chi connectivity index (χ3v) is 7.14. The lowest BCUT2D eigenvalue weighted by Crippen LogP contribution is -2.84. The van der Waals surface area contributed by atoms with Crippen LogP contribution in [0.5, 0.6) is 0 Å². The van der Waals surface area contributed by atoms with Crippen LogP contribution in [0.3, 0.4) is 0 Å². The van der Waals surface area contributed by atoms with Crippen LogP contribution in [0.2, 0.25) is 0 Å². The van der Waals surface area contributed by atoms with Crippen molar-refractivity contribution < 1.29 is 40.7 Å². The van der Waals surface area contributed by atoms with Gasteiger partial charge in [-0.2, -0.15) is 26.3 Å². The second-order valence-electron chi connectivity index (χ2n) is 10.3. The molecule has 2 heterocycles. The van der Waals surface area contributed by atoms with Crippen molar-refractivity contribution in [3.63, 3.8) is 0 Å². The molecule has 1 atom stereocenters. The lowest BCUT2D eigenvalue weighted by Gasteiger charge is -2.70. The van der Waals surface area contributed by atoms with Crippen LogP contribution in [0.1, 0.15) is 41.7 Å². The number of halogens is 6. The first-order valence-corrected chi connectivity index (χ1v) is 11.8. The normalized spacial score (nSPS) is 27.5. The molecule has 0 unspecified atom stereocenters. The van der Waals surface area contributed by atoms with Crippen LogP contribution in [0.15, 0.2) is 30.3 Å². The SMILES string of the molecule is O=C(CO[C@H]1CCN(CC(F)(F)F)C1)NC12CC(NC(=O)c3ccc4cc(C(F)(F)F)ccc4n3)(C1)C2. The molecule has 1 aromatic carbocycles. The monoisotopic (exact) mass is 530 g/mol. The molecule has 37 heavy (non-hydrogen) atoms. The van der Waals surface area contributed by atoms with Crippen LogP contribution in [0.4, 0.5) is 26.3 Å².